The maximum absolute atomic E-state index is 12.4. The van der Waals surface area contributed by atoms with Crippen LogP contribution in [0.1, 0.15) is 61.7 Å². The van der Waals surface area contributed by atoms with E-state index in [2.05, 4.69) is 15.1 Å². The van der Waals surface area contributed by atoms with Crippen LogP contribution in [0.15, 0.2) is 54.6 Å². The van der Waals surface area contributed by atoms with Crippen LogP contribution in [-0.2, 0) is 0 Å². The first-order chi connectivity index (χ1) is 16.3. The Labute approximate surface area is 199 Å². The Kier molecular flexibility index (Phi) is 9.19. The molecule has 2 aliphatic heterocycles. The van der Waals surface area contributed by atoms with E-state index < -0.39 is 0 Å². The molecule has 0 saturated carbocycles. The van der Waals surface area contributed by atoms with Crippen LogP contribution in [0.3, 0.4) is 0 Å². The summed E-state index contributed by atoms with van der Waals surface area (Å²) < 4.78 is 5.79. The molecule has 2 aliphatic rings. The molecule has 1 N–H and O–H groups in total. The first kappa shape index (κ1) is 23.8. The van der Waals surface area contributed by atoms with Crippen molar-refractivity contribution < 1.29 is 9.53 Å². The van der Waals surface area contributed by atoms with Gasteiger partial charge in [0, 0.05) is 18.2 Å². The average Bonchev–Trinajstić information content (AvgIpc) is 2.88. The number of para-hydroxylation sites is 1. The highest BCUT2D eigenvalue weighted by atomic mass is 16.5. The number of carbonyl (C=O) groups is 1. The smallest absolute Gasteiger partial charge is 0.251 e. The second-order valence-electron chi connectivity index (χ2n) is 9.43. The molecule has 4 rings (SSSR count). The number of carbonyl (C=O) groups excluding carboxylic acids is 1. The van der Waals surface area contributed by atoms with E-state index in [1.807, 2.05) is 54.6 Å². The lowest BCUT2D eigenvalue weighted by Crippen LogP contribution is -2.46. The van der Waals surface area contributed by atoms with Crippen molar-refractivity contribution in [3.63, 3.8) is 0 Å². The second kappa shape index (κ2) is 12.8. The van der Waals surface area contributed by atoms with Crippen molar-refractivity contribution >= 4 is 5.91 Å². The zero-order valence-electron chi connectivity index (χ0n) is 19.9. The van der Waals surface area contributed by atoms with E-state index in [0.717, 1.165) is 36.9 Å². The van der Waals surface area contributed by atoms with Crippen molar-refractivity contribution in [3.8, 4) is 11.5 Å². The molecule has 5 heteroatoms. The van der Waals surface area contributed by atoms with E-state index >= 15 is 0 Å². The lowest BCUT2D eigenvalue weighted by Gasteiger charge is -2.40. The first-order valence-electron chi connectivity index (χ1n) is 12.9. The molecule has 2 saturated heterocycles. The number of piperidine rings is 2. The zero-order chi connectivity index (χ0) is 22.7. The number of likely N-dealkylation sites (tertiary alicyclic amines) is 2. The first-order valence-corrected chi connectivity index (χ1v) is 12.9. The van der Waals surface area contributed by atoms with Crippen LogP contribution < -0.4 is 10.1 Å². The number of hydrogen-bond donors (Lipinski definition) is 1. The summed E-state index contributed by atoms with van der Waals surface area (Å²) in [6.07, 6.45) is 10.3. The molecule has 2 aromatic carbocycles. The monoisotopic (exact) mass is 449 g/mol. The van der Waals surface area contributed by atoms with Crippen molar-refractivity contribution in [1.29, 1.82) is 0 Å². The van der Waals surface area contributed by atoms with Gasteiger partial charge in [-0.15, -0.1) is 0 Å². The van der Waals surface area contributed by atoms with Crippen LogP contribution in [-0.4, -0.2) is 61.0 Å². The third-order valence-electron chi connectivity index (χ3n) is 7.00. The van der Waals surface area contributed by atoms with Gasteiger partial charge in [0.15, 0.2) is 0 Å². The highest BCUT2D eigenvalue weighted by molar-refractivity contribution is 5.94. The maximum atomic E-state index is 12.4. The second-order valence-corrected chi connectivity index (χ2v) is 9.43. The summed E-state index contributed by atoms with van der Waals surface area (Å²) in [5.41, 5.74) is 0.673. The van der Waals surface area contributed by atoms with E-state index in [0.29, 0.717) is 5.56 Å². The van der Waals surface area contributed by atoms with Gasteiger partial charge in [-0.05, 0) is 108 Å². The Morgan fingerprint density at radius 1 is 0.818 bits per heavy atom. The molecule has 0 aliphatic carbocycles. The lowest BCUT2D eigenvalue weighted by molar-refractivity contribution is 0.0916. The van der Waals surface area contributed by atoms with Gasteiger partial charge < -0.3 is 19.9 Å². The molecule has 2 heterocycles. The van der Waals surface area contributed by atoms with Crippen LogP contribution in [0.5, 0.6) is 11.5 Å². The van der Waals surface area contributed by atoms with Gasteiger partial charge in [0.2, 0.25) is 0 Å². The zero-order valence-corrected chi connectivity index (χ0v) is 19.9. The molecule has 2 fully saturated rings. The number of rotatable bonds is 10. The summed E-state index contributed by atoms with van der Waals surface area (Å²) in [5, 5.41) is 3.05. The topological polar surface area (TPSA) is 44.8 Å². The van der Waals surface area contributed by atoms with Gasteiger partial charge in [-0.25, -0.2) is 0 Å². The quantitative estimate of drug-likeness (QED) is 0.498. The third-order valence-corrected chi connectivity index (χ3v) is 7.00. The number of unbranched alkanes of at least 4 members (excludes halogenated alkanes) is 2. The standard InChI is InChI=1S/C28H39N3O2/c32-28(24-12-14-27(15-13-24)33-26-10-4-1-5-11-26)29-18-6-2-7-19-30-22-16-25(17-23-30)31-20-8-3-9-21-31/h1,4-5,10-15,25H,2-3,6-9,16-23H2,(H,29,32). The number of amides is 1. The molecular weight excluding hydrogens is 410 g/mol. The summed E-state index contributed by atoms with van der Waals surface area (Å²) in [6, 6.07) is 17.8. The molecule has 0 aromatic heterocycles. The third kappa shape index (κ3) is 7.58. The number of hydrogen-bond acceptors (Lipinski definition) is 4. The van der Waals surface area contributed by atoms with Gasteiger partial charge in [0.25, 0.3) is 5.91 Å². The molecule has 2 aromatic rings. The highest BCUT2D eigenvalue weighted by Crippen LogP contribution is 2.22. The van der Waals surface area contributed by atoms with Crippen molar-refractivity contribution in [2.45, 2.75) is 57.4 Å². The van der Waals surface area contributed by atoms with Gasteiger partial charge >= 0.3 is 0 Å². The Hall–Kier alpha value is -2.37. The van der Waals surface area contributed by atoms with Crippen molar-refractivity contribution in [2.75, 3.05) is 39.3 Å². The van der Waals surface area contributed by atoms with E-state index in [1.54, 1.807) is 0 Å². The highest BCUT2D eigenvalue weighted by Gasteiger charge is 2.25. The van der Waals surface area contributed by atoms with Gasteiger partial charge in [0.1, 0.15) is 11.5 Å². The molecule has 5 nitrogen and oxygen atoms in total. The normalized spacial score (nSPS) is 18.2. The number of benzene rings is 2. The number of nitrogens with zero attached hydrogens (tertiary/aromatic N) is 2. The molecule has 33 heavy (non-hydrogen) atoms. The summed E-state index contributed by atoms with van der Waals surface area (Å²) in [6.45, 7) is 7.08. The number of nitrogens with one attached hydrogen (secondary N) is 1. The summed E-state index contributed by atoms with van der Waals surface area (Å²) in [4.78, 5) is 17.8. The molecule has 1 amide bonds. The van der Waals surface area contributed by atoms with Gasteiger partial charge in [-0.2, -0.15) is 0 Å². The largest absolute Gasteiger partial charge is 0.457 e. The summed E-state index contributed by atoms with van der Waals surface area (Å²) in [7, 11) is 0. The van der Waals surface area contributed by atoms with Crippen molar-refractivity contribution in [3.05, 3.63) is 60.2 Å². The van der Waals surface area contributed by atoms with Gasteiger partial charge in [0.05, 0.1) is 0 Å². The minimum atomic E-state index is -0.0129. The van der Waals surface area contributed by atoms with Gasteiger partial charge in [-0.1, -0.05) is 31.0 Å². The predicted molar refractivity (Wildman–Crippen MR) is 134 cm³/mol. The fourth-order valence-corrected chi connectivity index (χ4v) is 5.03. The minimum absolute atomic E-state index is 0.0129. The Morgan fingerprint density at radius 3 is 2.24 bits per heavy atom. The fourth-order valence-electron chi connectivity index (χ4n) is 5.03. The summed E-state index contributed by atoms with van der Waals surface area (Å²) in [5.74, 6) is 1.51. The Balaban J connectivity index is 1.06. The molecular formula is C28H39N3O2. The summed E-state index contributed by atoms with van der Waals surface area (Å²) >= 11 is 0. The van der Waals surface area contributed by atoms with Crippen LogP contribution in [0.25, 0.3) is 0 Å². The molecule has 0 atom stereocenters. The Bertz CT molecular complexity index is 826. The fraction of sp³-hybridized carbons (Fsp3) is 0.536. The van der Waals surface area contributed by atoms with Crippen LogP contribution in [0, 0.1) is 0 Å². The van der Waals surface area contributed by atoms with E-state index in [4.69, 9.17) is 4.74 Å². The van der Waals surface area contributed by atoms with Crippen molar-refractivity contribution in [1.82, 2.24) is 15.1 Å². The number of ether oxygens (including phenoxy) is 1. The predicted octanol–water partition coefficient (Wildman–Crippen LogP) is 5.33. The molecule has 0 radical (unpaired) electrons. The van der Waals surface area contributed by atoms with Gasteiger partial charge in [-0.3, -0.25) is 4.79 Å². The lowest BCUT2D eigenvalue weighted by atomic mass is 9.99. The molecule has 178 valence electrons. The van der Waals surface area contributed by atoms with E-state index in [-0.39, 0.29) is 5.91 Å². The van der Waals surface area contributed by atoms with Crippen LogP contribution in [0.2, 0.25) is 0 Å². The SMILES string of the molecule is O=C(NCCCCCN1CCC(N2CCCCC2)CC1)c1ccc(Oc2ccccc2)cc1. The van der Waals surface area contributed by atoms with E-state index in [9.17, 15) is 4.79 Å². The maximum Gasteiger partial charge on any atom is 0.251 e. The molecule has 0 unspecified atom stereocenters. The Morgan fingerprint density at radius 2 is 1.52 bits per heavy atom. The van der Waals surface area contributed by atoms with Crippen LogP contribution >= 0.6 is 0 Å². The molecule has 0 spiro atoms. The van der Waals surface area contributed by atoms with E-state index in [1.165, 1.54) is 71.2 Å². The average molecular weight is 450 g/mol. The van der Waals surface area contributed by atoms with Crippen LogP contribution in [0.4, 0.5) is 0 Å². The van der Waals surface area contributed by atoms with Crippen molar-refractivity contribution in [2.24, 2.45) is 0 Å². The molecule has 0 bridgehead atoms. The minimum Gasteiger partial charge on any atom is -0.457 e.